The fourth-order valence-corrected chi connectivity index (χ4v) is 4.97. The van der Waals surface area contributed by atoms with Crippen molar-refractivity contribution in [2.24, 2.45) is 4.99 Å². The first-order valence-electron chi connectivity index (χ1n) is 10.9. The van der Waals surface area contributed by atoms with Crippen molar-refractivity contribution < 1.29 is 19.1 Å². The van der Waals surface area contributed by atoms with Crippen molar-refractivity contribution in [3.8, 4) is 0 Å². The highest BCUT2D eigenvalue weighted by Crippen LogP contribution is 2.40. The lowest BCUT2D eigenvalue weighted by Crippen LogP contribution is -2.42. The van der Waals surface area contributed by atoms with Crippen molar-refractivity contribution in [3.05, 3.63) is 77.0 Å². The Hall–Kier alpha value is -3.10. The fourth-order valence-electron chi connectivity index (χ4n) is 3.95. The van der Waals surface area contributed by atoms with Crippen molar-refractivity contribution in [3.63, 3.8) is 0 Å². The number of amidine groups is 1. The van der Waals surface area contributed by atoms with Gasteiger partial charge in [-0.05, 0) is 43.2 Å². The normalized spacial score (nSPS) is 17.8. The van der Waals surface area contributed by atoms with E-state index in [-0.39, 0.29) is 18.6 Å². The number of hydrogen-bond donors (Lipinski definition) is 1. The summed E-state index contributed by atoms with van der Waals surface area (Å²) in [5, 5.41) is 3.88. The first-order valence-corrected chi connectivity index (χ1v) is 11.9. The molecule has 2 aromatic rings. The van der Waals surface area contributed by atoms with Gasteiger partial charge in [-0.1, -0.05) is 42.1 Å². The maximum atomic E-state index is 13.1. The van der Waals surface area contributed by atoms with Crippen LogP contribution in [0.3, 0.4) is 0 Å². The van der Waals surface area contributed by atoms with Gasteiger partial charge in [-0.2, -0.15) is 0 Å². The number of benzene rings is 2. The summed E-state index contributed by atoms with van der Waals surface area (Å²) in [5.41, 5.74) is 3.32. The topological polar surface area (TPSA) is 80.2 Å². The molecule has 2 aliphatic rings. The van der Waals surface area contributed by atoms with E-state index in [4.69, 9.17) is 14.5 Å². The maximum absolute atomic E-state index is 13.1. The first-order chi connectivity index (χ1) is 16.1. The highest BCUT2D eigenvalue weighted by molar-refractivity contribution is 8.13. The molecule has 2 aromatic carbocycles. The van der Waals surface area contributed by atoms with Crippen molar-refractivity contribution in [1.82, 2.24) is 4.90 Å². The number of methoxy groups -OCH3 is 1. The number of carbonyl (C=O) groups is 2. The van der Waals surface area contributed by atoms with E-state index >= 15 is 0 Å². The SMILES string of the molecule is COCCOC(=O)C1=C(C)N=C2SCCCN2C1c1cccc(NC(=O)c2ccccc2)c1. The number of ether oxygens (including phenoxy) is 2. The predicted molar refractivity (Wildman–Crippen MR) is 130 cm³/mol. The zero-order valence-corrected chi connectivity index (χ0v) is 19.6. The Bertz CT molecular complexity index is 1080. The first kappa shape index (κ1) is 23.1. The number of allylic oxidation sites excluding steroid dienone is 1. The van der Waals surface area contributed by atoms with E-state index in [0.29, 0.717) is 29.1 Å². The summed E-state index contributed by atoms with van der Waals surface area (Å²) in [4.78, 5) is 32.6. The van der Waals surface area contributed by atoms with Crippen LogP contribution in [0, 0.1) is 0 Å². The van der Waals surface area contributed by atoms with Crippen molar-refractivity contribution in [1.29, 1.82) is 0 Å². The van der Waals surface area contributed by atoms with Gasteiger partial charge in [0, 0.05) is 30.7 Å². The Kier molecular flexibility index (Phi) is 7.47. The van der Waals surface area contributed by atoms with E-state index in [1.54, 1.807) is 31.0 Å². The number of fused-ring (bicyclic) bond motifs is 1. The summed E-state index contributed by atoms with van der Waals surface area (Å²) >= 11 is 1.70. The lowest BCUT2D eigenvalue weighted by Gasteiger charge is -2.40. The second-order valence-corrected chi connectivity index (χ2v) is 8.83. The summed E-state index contributed by atoms with van der Waals surface area (Å²) in [5.74, 6) is 0.417. The van der Waals surface area contributed by atoms with Crippen molar-refractivity contribution in [2.75, 3.05) is 37.9 Å². The molecule has 4 rings (SSSR count). The molecule has 1 saturated heterocycles. The summed E-state index contributed by atoms with van der Waals surface area (Å²) in [7, 11) is 1.57. The third-order valence-electron chi connectivity index (χ3n) is 5.50. The van der Waals surface area contributed by atoms with Crippen LogP contribution in [-0.4, -0.2) is 54.6 Å². The standard InChI is InChI=1S/C25H27N3O4S/c1-17-21(24(30)32-14-13-31-2)22(28-12-7-15-33-25(28)26-17)19-10-6-11-20(16-19)27-23(29)18-8-4-3-5-9-18/h3-6,8-11,16,22H,7,12-15H2,1-2H3,(H,27,29). The van der Waals surface area contributed by atoms with Gasteiger partial charge in [0.1, 0.15) is 6.61 Å². The van der Waals surface area contributed by atoms with Crippen LogP contribution >= 0.6 is 11.8 Å². The Balaban J connectivity index is 1.65. The number of aliphatic imine (C=N–C) groups is 1. The van der Waals surface area contributed by atoms with E-state index in [9.17, 15) is 9.59 Å². The molecule has 0 bridgehead atoms. The van der Waals surface area contributed by atoms with Crippen LogP contribution in [0.1, 0.15) is 35.3 Å². The lowest BCUT2D eigenvalue weighted by molar-refractivity contribution is -0.141. The van der Waals surface area contributed by atoms with E-state index in [1.165, 1.54) is 0 Å². The Labute approximate surface area is 197 Å². The molecular weight excluding hydrogens is 438 g/mol. The van der Waals surface area contributed by atoms with Crippen LogP contribution in [0.4, 0.5) is 5.69 Å². The Morgan fingerprint density at radius 3 is 2.76 bits per heavy atom. The zero-order chi connectivity index (χ0) is 23.2. The summed E-state index contributed by atoms with van der Waals surface area (Å²) < 4.78 is 10.5. The molecule has 2 aliphatic heterocycles. The second kappa shape index (κ2) is 10.7. The molecule has 0 aliphatic carbocycles. The number of nitrogens with zero attached hydrogens (tertiary/aromatic N) is 2. The van der Waals surface area contributed by atoms with Crippen LogP contribution in [0.15, 0.2) is 70.9 Å². The molecule has 1 atom stereocenters. The van der Waals surface area contributed by atoms with Crippen molar-refractivity contribution in [2.45, 2.75) is 19.4 Å². The molecule has 0 spiro atoms. The minimum atomic E-state index is -0.397. The zero-order valence-electron chi connectivity index (χ0n) is 18.7. The molecule has 1 amide bonds. The minimum Gasteiger partial charge on any atom is -0.460 e. The molecule has 0 saturated carbocycles. The Morgan fingerprint density at radius 2 is 1.97 bits per heavy atom. The number of anilines is 1. The quantitative estimate of drug-likeness (QED) is 0.486. The molecule has 1 fully saturated rings. The molecule has 2 heterocycles. The molecule has 1 unspecified atom stereocenters. The number of amides is 1. The van der Waals surface area contributed by atoms with Crippen LogP contribution in [0.25, 0.3) is 0 Å². The summed E-state index contributed by atoms with van der Waals surface area (Å²) in [6, 6.07) is 16.4. The van der Waals surface area contributed by atoms with Gasteiger partial charge in [0.15, 0.2) is 5.17 Å². The number of hydrogen-bond acceptors (Lipinski definition) is 7. The number of esters is 1. The van der Waals surface area contributed by atoms with Crippen LogP contribution in [0.5, 0.6) is 0 Å². The molecule has 7 nitrogen and oxygen atoms in total. The van der Waals surface area contributed by atoms with Gasteiger partial charge in [-0.15, -0.1) is 0 Å². The van der Waals surface area contributed by atoms with Crippen LogP contribution < -0.4 is 5.32 Å². The Morgan fingerprint density at radius 1 is 1.15 bits per heavy atom. The molecule has 0 radical (unpaired) electrons. The van der Waals surface area contributed by atoms with E-state index in [1.807, 2.05) is 49.4 Å². The highest BCUT2D eigenvalue weighted by atomic mass is 32.2. The smallest absolute Gasteiger partial charge is 0.338 e. The maximum Gasteiger partial charge on any atom is 0.338 e. The molecule has 0 aromatic heterocycles. The molecule has 8 heteroatoms. The average molecular weight is 466 g/mol. The van der Waals surface area contributed by atoms with Gasteiger partial charge in [0.2, 0.25) is 0 Å². The van der Waals surface area contributed by atoms with Gasteiger partial charge in [0.05, 0.1) is 23.9 Å². The monoisotopic (exact) mass is 465 g/mol. The molecule has 33 heavy (non-hydrogen) atoms. The van der Waals surface area contributed by atoms with Gasteiger partial charge in [-0.25, -0.2) is 9.79 Å². The lowest BCUT2D eigenvalue weighted by atomic mass is 9.94. The van der Waals surface area contributed by atoms with Gasteiger partial charge in [-0.3, -0.25) is 4.79 Å². The fraction of sp³-hybridized carbons (Fsp3) is 0.320. The molecule has 172 valence electrons. The third kappa shape index (κ3) is 5.29. The number of thioether (sulfide) groups is 1. The van der Waals surface area contributed by atoms with Crippen LogP contribution in [-0.2, 0) is 14.3 Å². The number of rotatable bonds is 7. The summed E-state index contributed by atoms with van der Waals surface area (Å²) in [6.45, 7) is 3.15. The van der Waals surface area contributed by atoms with Gasteiger partial charge >= 0.3 is 5.97 Å². The van der Waals surface area contributed by atoms with E-state index in [0.717, 1.165) is 29.4 Å². The van der Waals surface area contributed by atoms with Crippen LogP contribution in [0.2, 0.25) is 0 Å². The molecular formula is C25H27N3O4S. The van der Waals surface area contributed by atoms with E-state index < -0.39 is 5.97 Å². The average Bonchev–Trinajstić information content (AvgIpc) is 2.84. The third-order valence-corrected chi connectivity index (χ3v) is 6.57. The van der Waals surface area contributed by atoms with E-state index in [2.05, 4.69) is 10.2 Å². The second-order valence-electron chi connectivity index (χ2n) is 7.77. The number of nitrogens with one attached hydrogen (secondary N) is 1. The largest absolute Gasteiger partial charge is 0.460 e. The number of carbonyl (C=O) groups excluding carboxylic acids is 2. The predicted octanol–water partition coefficient (Wildman–Crippen LogP) is 4.25. The van der Waals surface area contributed by atoms with Gasteiger partial charge in [0.25, 0.3) is 5.91 Å². The summed E-state index contributed by atoms with van der Waals surface area (Å²) in [6.07, 6.45) is 0.996. The highest BCUT2D eigenvalue weighted by Gasteiger charge is 2.38. The van der Waals surface area contributed by atoms with Crippen molar-refractivity contribution >= 4 is 34.5 Å². The minimum absolute atomic E-state index is 0.178. The molecule has 1 N–H and O–H groups in total. The van der Waals surface area contributed by atoms with Gasteiger partial charge < -0.3 is 19.7 Å².